The number of nitrogens with two attached hydrogens (primary N) is 1. The van der Waals surface area contributed by atoms with E-state index in [0.29, 0.717) is 11.3 Å². The van der Waals surface area contributed by atoms with Crippen LogP contribution >= 0.6 is 0 Å². The van der Waals surface area contributed by atoms with Crippen molar-refractivity contribution in [3.63, 3.8) is 0 Å². The van der Waals surface area contributed by atoms with Gasteiger partial charge in [-0.1, -0.05) is 27.7 Å². The van der Waals surface area contributed by atoms with E-state index in [1.807, 2.05) is 0 Å². The quantitative estimate of drug-likeness (QED) is 0.679. The molecule has 0 amide bonds. The van der Waals surface area contributed by atoms with Gasteiger partial charge >= 0.3 is 0 Å². The van der Waals surface area contributed by atoms with E-state index in [1.54, 1.807) is 0 Å². The van der Waals surface area contributed by atoms with E-state index in [1.165, 1.54) is 0 Å². The van der Waals surface area contributed by atoms with Gasteiger partial charge in [0.15, 0.2) is 0 Å². The van der Waals surface area contributed by atoms with Crippen molar-refractivity contribution >= 4 is 0 Å². The van der Waals surface area contributed by atoms with Gasteiger partial charge in [0.25, 0.3) is 0 Å². The van der Waals surface area contributed by atoms with Gasteiger partial charge < -0.3 is 10.5 Å². The summed E-state index contributed by atoms with van der Waals surface area (Å²) in [5.74, 6) is 0.530. The van der Waals surface area contributed by atoms with Crippen LogP contribution in [-0.2, 0) is 4.74 Å². The van der Waals surface area contributed by atoms with Crippen LogP contribution in [0.5, 0.6) is 0 Å². The third-order valence-corrected chi connectivity index (χ3v) is 3.27. The van der Waals surface area contributed by atoms with Crippen molar-refractivity contribution in [2.24, 2.45) is 17.1 Å². The summed E-state index contributed by atoms with van der Waals surface area (Å²) >= 11 is 0. The minimum atomic E-state index is 0.239. The van der Waals surface area contributed by atoms with Crippen LogP contribution in [0.3, 0.4) is 0 Å². The highest BCUT2D eigenvalue weighted by Gasteiger charge is 2.34. The molecule has 0 aromatic heterocycles. The smallest absolute Gasteiger partial charge is 0.0756 e. The fourth-order valence-electron chi connectivity index (χ4n) is 1.83. The maximum absolute atomic E-state index is 6.05. The molecule has 0 radical (unpaired) electrons. The third-order valence-electron chi connectivity index (χ3n) is 3.27. The SMILES string of the molecule is CC(C1OCCCC1N)C(C)(C)C. The Morgan fingerprint density at radius 3 is 2.46 bits per heavy atom. The van der Waals surface area contributed by atoms with Gasteiger partial charge in [-0.3, -0.25) is 0 Å². The van der Waals surface area contributed by atoms with Crippen LogP contribution in [0.1, 0.15) is 40.5 Å². The molecule has 0 aromatic carbocycles. The number of hydrogen-bond acceptors (Lipinski definition) is 2. The molecule has 0 aliphatic carbocycles. The van der Waals surface area contributed by atoms with Crippen molar-refractivity contribution in [3.05, 3.63) is 0 Å². The Labute approximate surface area is 81.8 Å². The first-order chi connectivity index (χ1) is 5.93. The highest BCUT2D eigenvalue weighted by atomic mass is 16.5. The van der Waals surface area contributed by atoms with Gasteiger partial charge in [-0.15, -0.1) is 0 Å². The van der Waals surface area contributed by atoms with E-state index in [2.05, 4.69) is 27.7 Å². The zero-order valence-corrected chi connectivity index (χ0v) is 9.34. The lowest BCUT2D eigenvalue weighted by molar-refractivity contribution is -0.0573. The van der Waals surface area contributed by atoms with Crippen LogP contribution in [0.15, 0.2) is 0 Å². The lowest BCUT2D eigenvalue weighted by atomic mass is 9.75. The summed E-state index contributed by atoms with van der Waals surface area (Å²) in [5, 5.41) is 0. The maximum atomic E-state index is 6.05. The maximum Gasteiger partial charge on any atom is 0.0756 e. The molecular formula is C11H23NO. The molecule has 0 spiro atoms. The molecular weight excluding hydrogens is 162 g/mol. The average molecular weight is 185 g/mol. The topological polar surface area (TPSA) is 35.2 Å². The Balaban J connectivity index is 2.58. The van der Waals surface area contributed by atoms with E-state index in [9.17, 15) is 0 Å². The molecule has 3 unspecified atom stereocenters. The molecule has 1 aliphatic heterocycles. The van der Waals surface area contributed by atoms with Gasteiger partial charge in [-0.2, -0.15) is 0 Å². The first-order valence-electron chi connectivity index (χ1n) is 5.30. The summed E-state index contributed by atoms with van der Waals surface area (Å²) in [4.78, 5) is 0. The first kappa shape index (κ1) is 11.0. The Kier molecular flexibility index (Phi) is 3.36. The summed E-state index contributed by atoms with van der Waals surface area (Å²) in [7, 11) is 0. The minimum Gasteiger partial charge on any atom is -0.376 e. The molecule has 0 bridgehead atoms. The fraction of sp³-hybridized carbons (Fsp3) is 1.00. The van der Waals surface area contributed by atoms with Crippen LogP contribution in [0.25, 0.3) is 0 Å². The van der Waals surface area contributed by atoms with E-state index in [-0.39, 0.29) is 12.1 Å². The molecule has 2 nitrogen and oxygen atoms in total. The number of hydrogen-bond donors (Lipinski definition) is 1. The zero-order chi connectivity index (χ0) is 10.1. The largest absolute Gasteiger partial charge is 0.376 e. The molecule has 3 atom stereocenters. The second kappa shape index (κ2) is 3.97. The summed E-state index contributed by atoms with van der Waals surface area (Å²) in [5.41, 5.74) is 6.34. The zero-order valence-electron chi connectivity index (χ0n) is 9.34. The molecule has 0 saturated carbocycles. The molecule has 78 valence electrons. The van der Waals surface area contributed by atoms with Crippen LogP contribution in [-0.4, -0.2) is 18.8 Å². The molecule has 1 heterocycles. The van der Waals surface area contributed by atoms with Gasteiger partial charge in [-0.25, -0.2) is 0 Å². The number of rotatable bonds is 1. The van der Waals surface area contributed by atoms with Crippen LogP contribution in [0, 0.1) is 11.3 Å². The second-order valence-electron chi connectivity index (χ2n) is 5.30. The van der Waals surface area contributed by atoms with Gasteiger partial charge in [0.05, 0.1) is 6.10 Å². The Bertz CT molecular complexity index is 162. The Morgan fingerprint density at radius 2 is 2.00 bits per heavy atom. The van der Waals surface area contributed by atoms with Gasteiger partial charge in [0, 0.05) is 12.6 Å². The fourth-order valence-corrected chi connectivity index (χ4v) is 1.83. The average Bonchev–Trinajstić information content (AvgIpc) is 2.02. The van der Waals surface area contributed by atoms with E-state index in [4.69, 9.17) is 10.5 Å². The van der Waals surface area contributed by atoms with Crippen LogP contribution in [0.4, 0.5) is 0 Å². The summed E-state index contributed by atoms with van der Waals surface area (Å²) < 4.78 is 5.75. The van der Waals surface area contributed by atoms with Crippen molar-refractivity contribution in [3.8, 4) is 0 Å². The van der Waals surface area contributed by atoms with Gasteiger partial charge in [0.1, 0.15) is 0 Å². The second-order valence-corrected chi connectivity index (χ2v) is 5.30. The van der Waals surface area contributed by atoms with Crippen molar-refractivity contribution in [1.29, 1.82) is 0 Å². The monoisotopic (exact) mass is 185 g/mol. The lowest BCUT2D eigenvalue weighted by Gasteiger charge is -2.39. The molecule has 1 rings (SSSR count). The van der Waals surface area contributed by atoms with Crippen molar-refractivity contribution in [1.82, 2.24) is 0 Å². The summed E-state index contributed by atoms with van der Waals surface area (Å²) in [6.45, 7) is 9.89. The highest BCUT2D eigenvalue weighted by Crippen LogP contribution is 2.33. The molecule has 2 N–H and O–H groups in total. The van der Waals surface area contributed by atoms with Crippen molar-refractivity contribution in [2.75, 3.05) is 6.61 Å². The standard InChI is InChI=1S/C11H23NO/c1-8(11(2,3)4)10-9(12)6-5-7-13-10/h8-10H,5-7,12H2,1-4H3. The number of ether oxygens (including phenoxy) is 1. The van der Waals surface area contributed by atoms with Crippen LogP contribution < -0.4 is 5.73 Å². The minimum absolute atomic E-state index is 0.239. The Hall–Kier alpha value is -0.0800. The van der Waals surface area contributed by atoms with E-state index >= 15 is 0 Å². The predicted molar refractivity (Wildman–Crippen MR) is 55.6 cm³/mol. The van der Waals surface area contributed by atoms with Crippen molar-refractivity contribution < 1.29 is 4.74 Å². The normalized spacial score (nSPS) is 33.0. The molecule has 2 heteroatoms. The highest BCUT2D eigenvalue weighted by molar-refractivity contribution is 4.86. The third kappa shape index (κ3) is 2.68. The summed E-state index contributed by atoms with van der Waals surface area (Å²) in [6, 6.07) is 0.239. The molecule has 1 saturated heterocycles. The molecule has 1 fully saturated rings. The van der Waals surface area contributed by atoms with E-state index in [0.717, 1.165) is 19.4 Å². The van der Waals surface area contributed by atoms with E-state index < -0.39 is 0 Å². The molecule has 0 aromatic rings. The lowest BCUT2D eigenvalue weighted by Crippen LogP contribution is -2.47. The summed E-state index contributed by atoms with van der Waals surface area (Å²) in [6.07, 6.45) is 2.49. The van der Waals surface area contributed by atoms with Crippen LogP contribution in [0.2, 0.25) is 0 Å². The van der Waals surface area contributed by atoms with Gasteiger partial charge in [-0.05, 0) is 24.2 Å². The van der Waals surface area contributed by atoms with Gasteiger partial charge in [0.2, 0.25) is 0 Å². The first-order valence-corrected chi connectivity index (χ1v) is 5.30. The Morgan fingerprint density at radius 1 is 1.38 bits per heavy atom. The predicted octanol–water partition coefficient (Wildman–Crippen LogP) is 2.17. The van der Waals surface area contributed by atoms with Crippen molar-refractivity contribution in [2.45, 2.75) is 52.7 Å². The molecule has 13 heavy (non-hydrogen) atoms. The molecule has 1 aliphatic rings.